The maximum absolute atomic E-state index is 12.9. The van der Waals surface area contributed by atoms with Gasteiger partial charge in [-0.3, -0.25) is 0 Å². The lowest BCUT2D eigenvalue weighted by Crippen LogP contribution is -2.03. The Labute approximate surface area is 77.2 Å². The zero-order valence-electron chi connectivity index (χ0n) is 6.10. The summed E-state index contributed by atoms with van der Waals surface area (Å²) in [5, 5.41) is 9.05. The summed E-state index contributed by atoms with van der Waals surface area (Å²) in [5.74, 6) is -0.602. The van der Waals surface area contributed by atoms with Gasteiger partial charge in [0.1, 0.15) is 18.6 Å². The van der Waals surface area contributed by atoms with Crippen LogP contribution in [0, 0.1) is 5.82 Å². The van der Waals surface area contributed by atoms with Gasteiger partial charge in [-0.25, -0.2) is 8.78 Å². The number of benzene rings is 1. The molecule has 0 saturated carbocycles. The van der Waals surface area contributed by atoms with Crippen LogP contribution in [0.15, 0.2) is 22.7 Å². The van der Waals surface area contributed by atoms with E-state index in [1.54, 1.807) is 6.07 Å². The summed E-state index contributed by atoms with van der Waals surface area (Å²) in [6, 6.07) is 4.21. The lowest BCUT2D eigenvalue weighted by atomic mass is 10.1. The Morgan fingerprint density at radius 1 is 1.50 bits per heavy atom. The molecule has 1 atom stereocenters. The minimum Gasteiger partial charge on any atom is -0.386 e. The lowest BCUT2D eigenvalue weighted by Gasteiger charge is -2.09. The van der Waals surface area contributed by atoms with Crippen molar-refractivity contribution in [2.75, 3.05) is 6.67 Å². The summed E-state index contributed by atoms with van der Waals surface area (Å²) in [6.45, 7) is -0.987. The van der Waals surface area contributed by atoms with Crippen LogP contribution in [0.4, 0.5) is 8.78 Å². The SMILES string of the molecule is OC(CF)c1c(F)cccc1Br. The normalized spacial score (nSPS) is 13.0. The topological polar surface area (TPSA) is 20.2 Å². The predicted octanol–water partition coefficient (Wildman–Crippen LogP) is 2.59. The van der Waals surface area contributed by atoms with E-state index in [-0.39, 0.29) is 5.56 Å². The fourth-order valence-corrected chi connectivity index (χ4v) is 1.51. The van der Waals surface area contributed by atoms with E-state index in [9.17, 15) is 8.78 Å². The summed E-state index contributed by atoms with van der Waals surface area (Å²) < 4.78 is 25.3. The van der Waals surface area contributed by atoms with Gasteiger partial charge in [0.25, 0.3) is 0 Å². The highest BCUT2D eigenvalue weighted by atomic mass is 79.9. The van der Waals surface area contributed by atoms with E-state index in [1.807, 2.05) is 0 Å². The second kappa shape index (κ2) is 3.96. The van der Waals surface area contributed by atoms with Crippen molar-refractivity contribution in [3.8, 4) is 0 Å². The van der Waals surface area contributed by atoms with Crippen molar-refractivity contribution in [2.24, 2.45) is 0 Å². The van der Waals surface area contributed by atoms with E-state index in [2.05, 4.69) is 15.9 Å². The van der Waals surface area contributed by atoms with E-state index >= 15 is 0 Å². The van der Waals surface area contributed by atoms with Crippen molar-refractivity contribution in [1.29, 1.82) is 0 Å². The molecule has 1 aromatic carbocycles. The first-order valence-electron chi connectivity index (χ1n) is 3.34. The molecular formula is C8H7BrF2O. The van der Waals surface area contributed by atoms with E-state index in [0.29, 0.717) is 4.47 Å². The molecule has 0 aromatic heterocycles. The Morgan fingerprint density at radius 2 is 2.17 bits per heavy atom. The Balaban J connectivity index is 3.12. The summed E-state index contributed by atoms with van der Waals surface area (Å²) in [6.07, 6.45) is -1.39. The Bertz CT molecular complexity index is 258. The molecule has 1 rings (SSSR count). The van der Waals surface area contributed by atoms with Crippen LogP contribution in [-0.4, -0.2) is 11.8 Å². The number of hydrogen-bond donors (Lipinski definition) is 1. The van der Waals surface area contributed by atoms with Crippen molar-refractivity contribution >= 4 is 15.9 Å². The minimum atomic E-state index is -1.39. The summed E-state index contributed by atoms with van der Waals surface area (Å²) >= 11 is 3.02. The van der Waals surface area contributed by atoms with Gasteiger partial charge in [0, 0.05) is 10.0 Å². The molecule has 0 amide bonds. The van der Waals surface area contributed by atoms with Crippen LogP contribution in [0.25, 0.3) is 0 Å². The first kappa shape index (κ1) is 9.61. The standard InChI is InChI=1S/C8H7BrF2O/c9-5-2-1-3-6(11)8(5)7(12)4-10/h1-3,7,12H,4H2. The van der Waals surface area contributed by atoms with Gasteiger partial charge in [0.05, 0.1) is 0 Å². The van der Waals surface area contributed by atoms with Gasteiger partial charge in [-0.05, 0) is 12.1 Å². The van der Waals surface area contributed by atoms with Crippen LogP contribution in [0.5, 0.6) is 0 Å². The number of hydrogen-bond acceptors (Lipinski definition) is 1. The maximum atomic E-state index is 12.9. The molecular weight excluding hydrogens is 230 g/mol. The summed E-state index contributed by atoms with van der Waals surface area (Å²) in [5.41, 5.74) is -0.0278. The molecule has 0 fully saturated rings. The third-order valence-electron chi connectivity index (χ3n) is 1.48. The number of alkyl halides is 1. The molecule has 4 heteroatoms. The lowest BCUT2D eigenvalue weighted by molar-refractivity contribution is 0.137. The Kier molecular flexibility index (Phi) is 3.17. The summed E-state index contributed by atoms with van der Waals surface area (Å²) in [4.78, 5) is 0. The van der Waals surface area contributed by atoms with Crippen LogP contribution in [0.1, 0.15) is 11.7 Å². The molecule has 0 spiro atoms. The molecule has 0 radical (unpaired) electrons. The van der Waals surface area contributed by atoms with Crippen molar-refractivity contribution in [3.63, 3.8) is 0 Å². The van der Waals surface area contributed by atoms with Crippen molar-refractivity contribution in [3.05, 3.63) is 34.1 Å². The number of aliphatic hydroxyl groups excluding tert-OH is 1. The van der Waals surface area contributed by atoms with Gasteiger partial charge >= 0.3 is 0 Å². The zero-order chi connectivity index (χ0) is 9.14. The monoisotopic (exact) mass is 236 g/mol. The number of halogens is 3. The van der Waals surface area contributed by atoms with E-state index in [1.165, 1.54) is 12.1 Å². The first-order chi connectivity index (χ1) is 5.66. The second-order valence-corrected chi connectivity index (χ2v) is 3.16. The molecule has 0 aliphatic heterocycles. The molecule has 0 aliphatic rings. The average molecular weight is 237 g/mol. The minimum absolute atomic E-state index is 0.0278. The Morgan fingerprint density at radius 3 is 2.67 bits per heavy atom. The third kappa shape index (κ3) is 1.81. The molecule has 1 N–H and O–H groups in total. The molecule has 0 aliphatic carbocycles. The van der Waals surface area contributed by atoms with Crippen LogP contribution in [-0.2, 0) is 0 Å². The average Bonchev–Trinajstić information content (AvgIpc) is 2.03. The number of aliphatic hydroxyl groups is 1. The third-order valence-corrected chi connectivity index (χ3v) is 2.17. The Hall–Kier alpha value is -0.480. The second-order valence-electron chi connectivity index (χ2n) is 2.31. The fourth-order valence-electron chi connectivity index (χ4n) is 0.906. The van der Waals surface area contributed by atoms with Crippen molar-refractivity contribution in [1.82, 2.24) is 0 Å². The van der Waals surface area contributed by atoms with Gasteiger partial charge in [-0.1, -0.05) is 22.0 Å². The van der Waals surface area contributed by atoms with Gasteiger partial charge in [0.2, 0.25) is 0 Å². The molecule has 0 heterocycles. The highest BCUT2D eigenvalue weighted by Gasteiger charge is 2.15. The highest BCUT2D eigenvalue weighted by Crippen LogP contribution is 2.26. The van der Waals surface area contributed by atoms with Gasteiger partial charge < -0.3 is 5.11 Å². The zero-order valence-corrected chi connectivity index (χ0v) is 7.68. The molecule has 1 unspecified atom stereocenters. The van der Waals surface area contributed by atoms with Crippen LogP contribution >= 0.6 is 15.9 Å². The maximum Gasteiger partial charge on any atom is 0.130 e. The smallest absolute Gasteiger partial charge is 0.130 e. The van der Waals surface area contributed by atoms with Gasteiger partial charge in [-0.2, -0.15) is 0 Å². The molecule has 1 aromatic rings. The molecule has 0 saturated heterocycles. The largest absolute Gasteiger partial charge is 0.386 e. The van der Waals surface area contributed by atoms with E-state index in [0.717, 1.165) is 0 Å². The predicted molar refractivity (Wildman–Crippen MR) is 45.0 cm³/mol. The van der Waals surface area contributed by atoms with E-state index in [4.69, 9.17) is 5.11 Å². The summed E-state index contributed by atoms with van der Waals surface area (Å²) in [7, 11) is 0. The molecule has 0 bridgehead atoms. The van der Waals surface area contributed by atoms with Crippen molar-refractivity contribution in [2.45, 2.75) is 6.10 Å². The van der Waals surface area contributed by atoms with Crippen LogP contribution < -0.4 is 0 Å². The first-order valence-corrected chi connectivity index (χ1v) is 4.14. The van der Waals surface area contributed by atoms with Gasteiger partial charge in [0.15, 0.2) is 0 Å². The van der Waals surface area contributed by atoms with E-state index < -0.39 is 18.6 Å². The van der Waals surface area contributed by atoms with Crippen molar-refractivity contribution < 1.29 is 13.9 Å². The van der Waals surface area contributed by atoms with Crippen LogP contribution in [0.2, 0.25) is 0 Å². The van der Waals surface area contributed by atoms with Crippen LogP contribution in [0.3, 0.4) is 0 Å². The molecule has 1 nitrogen and oxygen atoms in total. The quantitative estimate of drug-likeness (QED) is 0.838. The molecule has 66 valence electrons. The van der Waals surface area contributed by atoms with Gasteiger partial charge in [-0.15, -0.1) is 0 Å². The highest BCUT2D eigenvalue weighted by molar-refractivity contribution is 9.10. The molecule has 12 heavy (non-hydrogen) atoms. The fraction of sp³-hybridized carbons (Fsp3) is 0.250. The number of rotatable bonds is 2.